The second-order valence-electron chi connectivity index (χ2n) is 2.37. The zero-order valence-corrected chi connectivity index (χ0v) is 7.85. The molecule has 0 saturated heterocycles. The van der Waals surface area contributed by atoms with Gasteiger partial charge in [0.1, 0.15) is 0 Å². The maximum absolute atomic E-state index is 12.8. The molecule has 4 heteroatoms. The number of hydrogen-bond donors (Lipinski definition) is 1. The van der Waals surface area contributed by atoms with Gasteiger partial charge in [-0.1, -0.05) is 0 Å². The molecular formula is C8H6BrFO2. The molecule has 64 valence electrons. The molecule has 2 nitrogen and oxygen atoms in total. The van der Waals surface area contributed by atoms with Crippen molar-refractivity contribution in [3.63, 3.8) is 0 Å². The van der Waals surface area contributed by atoms with Gasteiger partial charge in [-0.25, -0.2) is 4.39 Å². The van der Waals surface area contributed by atoms with Crippen LogP contribution in [-0.2, 0) is 0 Å². The molecule has 1 N–H and O–H groups in total. The van der Waals surface area contributed by atoms with Gasteiger partial charge in [-0.05, 0) is 34.5 Å². The number of halogens is 2. The van der Waals surface area contributed by atoms with Crippen LogP contribution in [0.25, 0.3) is 0 Å². The fourth-order valence-corrected chi connectivity index (χ4v) is 1.27. The SMILES string of the molecule is Cc1cc(F)c(O)c(C=O)c1Br. The molecule has 0 fully saturated rings. The van der Waals surface area contributed by atoms with E-state index in [4.69, 9.17) is 5.11 Å². The smallest absolute Gasteiger partial charge is 0.165 e. The first-order chi connectivity index (χ1) is 5.57. The first kappa shape index (κ1) is 9.19. The van der Waals surface area contributed by atoms with E-state index in [0.717, 1.165) is 6.07 Å². The van der Waals surface area contributed by atoms with Crippen LogP contribution < -0.4 is 0 Å². The number of benzene rings is 1. The van der Waals surface area contributed by atoms with Crippen molar-refractivity contribution in [3.8, 4) is 5.75 Å². The monoisotopic (exact) mass is 232 g/mol. The molecule has 0 spiro atoms. The molecule has 0 amide bonds. The minimum Gasteiger partial charge on any atom is -0.504 e. The molecule has 0 heterocycles. The van der Waals surface area contributed by atoms with Crippen molar-refractivity contribution in [1.82, 2.24) is 0 Å². The first-order valence-electron chi connectivity index (χ1n) is 3.20. The summed E-state index contributed by atoms with van der Waals surface area (Å²) in [6.07, 6.45) is 0.412. The van der Waals surface area contributed by atoms with Crippen LogP contribution in [0.4, 0.5) is 4.39 Å². The summed E-state index contributed by atoms with van der Waals surface area (Å²) in [4.78, 5) is 10.4. The highest BCUT2D eigenvalue weighted by Gasteiger charge is 2.12. The molecule has 0 atom stereocenters. The van der Waals surface area contributed by atoms with Crippen molar-refractivity contribution in [2.45, 2.75) is 6.92 Å². The summed E-state index contributed by atoms with van der Waals surface area (Å²) in [6, 6.07) is 1.16. The van der Waals surface area contributed by atoms with E-state index in [-0.39, 0.29) is 5.56 Å². The minimum atomic E-state index is -0.780. The second-order valence-corrected chi connectivity index (χ2v) is 3.16. The van der Waals surface area contributed by atoms with E-state index in [2.05, 4.69) is 15.9 Å². The maximum atomic E-state index is 12.8. The lowest BCUT2D eigenvalue weighted by Gasteiger charge is -2.04. The number of rotatable bonds is 1. The Balaban J connectivity index is 3.52. The average molecular weight is 233 g/mol. The largest absolute Gasteiger partial charge is 0.504 e. The molecule has 0 unspecified atom stereocenters. The summed E-state index contributed by atoms with van der Waals surface area (Å²) in [6.45, 7) is 1.64. The lowest BCUT2D eigenvalue weighted by Crippen LogP contribution is -1.90. The van der Waals surface area contributed by atoms with Gasteiger partial charge in [-0.3, -0.25) is 4.79 Å². The van der Waals surface area contributed by atoms with E-state index >= 15 is 0 Å². The number of phenolic OH excluding ortho intramolecular Hbond substituents is 1. The van der Waals surface area contributed by atoms with Crippen molar-refractivity contribution in [2.75, 3.05) is 0 Å². The summed E-state index contributed by atoms with van der Waals surface area (Å²) in [5, 5.41) is 9.07. The highest BCUT2D eigenvalue weighted by Crippen LogP contribution is 2.30. The standard InChI is InChI=1S/C8H6BrFO2/c1-4-2-6(10)8(12)5(3-11)7(4)9/h2-3,12H,1H3. The predicted molar refractivity (Wildman–Crippen MR) is 45.9 cm³/mol. The van der Waals surface area contributed by atoms with E-state index in [1.54, 1.807) is 6.92 Å². The molecule has 1 rings (SSSR count). The van der Waals surface area contributed by atoms with Crippen LogP contribution in [0.15, 0.2) is 10.5 Å². The molecule has 0 aliphatic rings. The number of carbonyl (C=O) groups is 1. The summed E-state index contributed by atoms with van der Waals surface area (Å²) in [5.41, 5.74) is 0.528. The summed E-state index contributed by atoms with van der Waals surface area (Å²) >= 11 is 3.07. The molecule has 1 aromatic rings. The topological polar surface area (TPSA) is 37.3 Å². The van der Waals surface area contributed by atoms with Crippen LogP contribution in [-0.4, -0.2) is 11.4 Å². The van der Waals surface area contributed by atoms with Crippen molar-refractivity contribution in [2.24, 2.45) is 0 Å². The van der Waals surface area contributed by atoms with Crippen LogP contribution in [0.1, 0.15) is 15.9 Å². The van der Waals surface area contributed by atoms with Crippen LogP contribution in [0, 0.1) is 12.7 Å². The Labute approximate surface area is 77.2 Å². The van der Waals surface area contributed by atoms with E-state index < -0.39 is 11.6 Å². The molecule has 0 aromatic heterocycles. The minimum absolute atomic E-state index is 0.0486. The van der Waals surface area contributed by atoms with Gasteiger partial charge >= 0.3 is 0 Å². The Morgan fingerprint density at radius 2 is 2.25 bits per heavy atom. The van der Waals surface area contributed by atoms with Crippen LogP contribution >= 0.6 is 15.9 Å². The molecule has 0 aliphatic carbocycles. The Hall–Kier alpha value is -0.900. The maximum Gasteiger partial charge on any atom is 0.165 e. The third-order valence-electron chi connectivity index (χ3n) is 1.53. The molecular weight excluding hydrogens is 227 g/mol. The quantitative estimate of drug-likeness (QED) is 0.756. The van der Waals surface area contributed by atoms with Gasteiger partial charge in [0.15, 0.2) is 17.9 Å². The Kier molecular flexibility index (Phi) is 2.47. The second kappa shape index (κ2) is 3.23. The van der Waals surface area contributed by atoms with Gasteiger partial charge in [-0.15, -0.1) is 0 Å². The van der Waals surface area contributed by atoms with Gasteiger partial charge in [0.2, 0.25) is 0 Å². The highest BCUT2D eigenvalue weighted by molar-refractivity contribution is 9.10. The van der Waals surface area contributed by atoms with Crippen molar-refractivity contribution in [1.29, 1.82) is 0 Å². The average Bonchev–Trinajstić information content (AvgIpc) is 2.02. The third-order valence-corrected chi connectivity index (χ3v) is 2.58. The first-order valence-corrected chi connectivity index (χ1v) is 4.00. The fraction of sp³-hybridized carbons (Fsp3) is 0.125. The van der Waals surface area contributed by atoms with E-state index in [1.807, 2.05) is 0 Å². The molecule has 0 aliphatic heterocycles. The van der Waals surface area contributed by atoms with Gasteiger partial charge < -0.3 is 5.11 Å². The van der Waals surface area contributed by atoms with Crippen molar-refractivity contribution in [3.05, 3.63) is 27.5 Å². The molecule has 0 bridgehead atoms. The van der Waals surface area contributed by atoms with E-state index in [0.29, 0.717) is 16.3 Å². The number of carbonyl (C=O) groups excluding carboxylic acids is 1. The fourth-order valence-electron chi connectivity index (χ4n) is 0.874. The molecule has 12 heavy (non-hydrogen) atoms. The summed E-state index contributed by atoms with van der Waals surface area (Å²) in [7, 11) is 0. The number of aromatic hydroxyl groups is 1. The van der Waals surface area contributed by atoms with Crippen LogP contribution in [0.2, 0.25) is 0 Å². The summed E-state index contributed by atoms with van der Waals surface area (Å²) in [5.74, 6) is -1.39. The lowest BCUT2D eigenvalue weighted by molar-refractivity contribution is 0.111. The third kappa shape index (κ3) is 1.34. The lowest BCUT2D eigenvalue weighted by atomic mass is 10.1. The molecule has 1 aromatic carbocycles. The zero-order valence-electron chi connectivity index (χ0n) is 6.27. The van der Waals surface area contributed by atoms with Gasteiger partial charge in [0.25, 0.3) is 0 Å². The van der Waals surface area contributed by atoms with Gasteiger partial charge in [0, 0.05) is 4.47 Å². The predicted octanol–water partition coefficient (Wildman–Crippen LogP) is 2.41. The van der Waals surface area contributed by atoms with Crippen LogP contribution in [0.5, 0.6) is 5.75 Å². The number of aryl methyl sites for hydroxylation is 1. The number of hydrogen-bond acceptors (Lipinski definition) is 2. The van der Waals surface area contributed by atoms with Gasteiger partial charge in [-0.2, -0.15) is 0 Å². The van der Waals surface area contributed by atoms with E-state index in [1.165, 1.54) is 0 Å². The van der Waals surface area contributed by atoms with Crippen molar-refractivity contribution >= 4 is 22.2 Å². The summed E-state index contributed by atoms with van der Waals surface area (Å²) < 4.78 is 13.2. The number of phenols is 1. The molecule has 0 radical (unpaired) electrons. The molecule has 0 saturated carbocycles. The Morgan fingerprint density at radius 3 is 2.75 bits per heavy atom. The van der Waals surface area contributed by atoms with Crippen molar-refractivity contribution < 1.29 is 14.3 Å². The van der Waals surface area contributed by atoms with Crippen LogP contribution in [0.3, 0.4) is 0 Å². The number of aldehydes is 1. The van der Waals surface area contributed by atoms with E-state index in [9.17, 15) is 9.18 Å². The normalized spacial score (nSPS) is 9.92. The Morgan fingerprint density at radius 1 is 1.67 bits per heavy atom. The van der Waals surface area contributed by atoms with Gasteiger partial charge in [0.05, 0.1) is 5.56 Å². The highest BCUT2D eigenvalue weighted by atomic mass is 79.9. The Bertz CT molecular complexity index is 310. The zero-order chi connectivity index (χ0) is 9.30.